The van der Waals surface area contributed by atoms with Gasteiger partial charge in [-0.3, -0.25) is 4.79 Å². The zero-order chi connectivity index (χ0) is 18.1. The lowest BCUT2D eigenvalue weighted by Crippen LogP contribution is -2.32. The van der Waals surface area contributed by atoms with E-state index in [0.29, 0.717) is 24.3 Å². The number of carbonyl (C=O) groups excluding carboxylic acids is 1. The van der Waals surface area contributed by atoms with E-state index >= 15 is 0 Å². The summed E-state index contributed by atoms with van der Waals surface area (Å²) in [4.78, 5) is 20.0. The minimum absolute atomic E-state index is 0. The molecule has 3 heterocycles. The Hall–Kier alpha value is -1.30. The van der Waals surface area contributed by atoms with Crippen LogP contribution in [-0.2, 0) is 4.79 Å². The van der Waals surface area contributed by atoms with Gasteiger partial charge in [0.2, 0.25) is 5.91 Å². The average Bonchev–Trinajstić information content (AvgIpc) is 3.37. The molecule has 2 saturated heterocycles. The van der Waals surface area contributed by atoms with Crippen molar-refractivity contribution >= 4 is 41.8 Å². The fraction of sp³-hybridized carbons (Fsp3) is 0.619. The number of hydrogen-bond acceptors (Lipinski definition) is 3. The Balaban J connectivity index is 0.00000140. The Morgan fingerprint density at radius 3 is 2.75 bits per heavy atom. The predicted octanol–water partition coefficient (Wildman–Crippen LogP) is 4.51. The van der Waals surface area contributed by atoms with Crippen LogP contribution < -0.4 is 5.32 Å². The molecule has 156 valence electrons. The highest BCUT2D eigenvalue weighted by Gasteiger charge is 2.34. The lowest BCUT2D eigenvalue weighted by atomic mass is 10.0. The van der Waals surface area contributed by atoms with Crippen LogP contribution in [0.4, 0.5) is 0 Å². The van der Waals surface area contributed by atoms with Crippen LogP contribution in [0.5, 0.6) is 0 Å². The summed E-state index contributed by atoms with van der Waals surface area (Å²) in [5, 5.41) is 3.40. The third kappa shape index (κ3) is 4.47. The number of nitrogens with zero attached hydrogens (tertiary/aromatic N) is 3. The number of amides is 1. The van der Waals surface area contributed by atoms with Crippen LogP contribution in [0.3, 0.4) is 0 Å². The molecule has 2 atom stereocenters. The predicted molar refractivity (Wildman–Crippen MR) is 119 cm³/mol. The van der Waals surface area contributed by atoms with E-state index in [-0.39, 0.29) is 30.9 Å². The summed E-state index contributed by atoms with van der Waals surface area (Å²) in [5.74, 6) is 2.04. The maximum Gasteiger partial charge on any atom is 0.223 e. The zero-order valence-corrected chi connectivity index (χ0v) is 18.4. The first kappa shape index (κ1) is 23.0. The summed E-state index contributed by atoms with van der Waals surface area (Å²) < 4.78 is 2.33. The van der Waals surface area contributed by atoms with Gasteiger partial charge in [0.05, 0.1) is 17.1 Å². The molecular formula is C21H32Cl2N4O. The van der Waals surface area contributed by atoms with E-state index in [1.165, 1.54) is 11.9 Å². The molecule has 2 fully saturated rings. The number of hydrogen-bond donors (Lipinski definition) is 1. The molecular weight excluding hydrogens is 395 g/mol. The van der Waals surface area contributed by atoms with E-state index in [9.17, 15) is 4.79 Å². The van der Waals surface area contributed by atoms with Gasteiger partial charge in [0.1, 0.15) is 5.82 Å². The maximum atomic E-state index is 13.0. The first-order chi connectivity index (χ1) is 12.6. The summed E-state index contributed by atoms with van der Waals surface area (Å²) in [5.41, 5.74) is 2.21. The van der Waals surface area contributed by atoms with E-state index in [1.807, 2.05) is 6.07 Å². The second kappa shape index (κ2) is 9.95. The number of imidazole rings is 1. The van der Waals surface area contributed by atoms with Crippen molar-refractivity contribution in [2.45, 2.75) is 58.0 Å². The van der Waals surface area contributed by atoms with Crippen LogP contribution in [0.25, 0.3) is 11.0 Å². The Morgan fingerprint density at radius 1 is 1.25 bits per heavy atom. The van der Waals surface area contributed by atoms with Gasteiger partial charge in [-0.05, 0) is 70.7 Å². The normalized spacial score (nSPS) is 21.8. The van der Waals surface area contributed by atoms with Gasteiger partial charge in [0.15, 0.2) is 0 Å². The van der Waals surface area contributed by atoms with Crippen molar-refractivity contribution in [3.8, 4) is 0 Å². The number of nitrogens with one attached hydrogen (secondary N) is 1. The van der Waals surface area contributed by atoms with Crippen LogP contribution in [0, 0.1) is 5.92 Å². The molecule has 0 saturated carbocycles. The first-order valence-corrected chi connectivity index (χ1v) is 10.1. The molecule has 2 aromatic rings. The fourth-order valence-corrected chi connectivity index (χ4v) is 4.61. The Morgan fingerprint density at radius 2 is 2.04 bits per heavy atom. The second-order valence-corrected chi connectivity index (χ2v) is 8.07. The van der Waals surface area contributed by atoms with E-state index in [0.717, 1.165) is 50.2 Å². The lowest BCUT2D eigenvalue weighted by Gasteiger charge is -2.26. The van der Waals surface area contributed by atoms with Crippen LogP contribution in [0.15, 0.2) is 24.3 Å². The second-order valence-electron chi connectivity index (χ2n) is 8.07. The molecule has 0 aliphatic carbocycles. The molecule has 7 heteroatoms. The third-order valence-corrected chi connectivity index (χ3v) is 5.94. The fourth-order valence-electron chi connectivity index (χ4n) is 4.61. The largest absolute Gasteiger partial charge is 0.333 e. The van der Waals surface area contributed by atoms with Crippen molar-refractivity contribution < 1.29 is 4.79 Å². The van der Waals surface area contributed by atoms with Crippen LogP contribution in [-0.4, -0.2) is 40.0 Å². The number of halogens is 2. The topological polar surface area (TPSA) is 50.2 Å². The molecule has 28 heavy (non-hydrogen) atoms. The quantitative estimate of drug-likeness (QED) is 0.764. The van der Waals surface area contributed by atoms with Gasteiger partial charge in [0.25, 0.3) is 0 Å². The van der Waals surface area contributed by atoms with Crippen molar-refractivity contribution in [3.05, 3.63) is 30.1 Å². The minimum atomic E-state index is 0. The first-order valence-electron chi connectivity index (χ1n) is 10.1. The van der Waals surface area contributed by atoms with Gasteiger partial charge in [-0.1, -0.05) is 12.1 Å². The van der Waals surface area contributed by atoms with Crippen LogP contribution in [0.2, 0.25) is 0 Å². The molecule has 0 bridgehead atoms. The van der Waals surface area contributed by atoms with Crippen molar-refractivity contribution in [3.63, 3.8) is 0 Å². The van der Waals surface area contributed by atoms with Crippen LogP contribution in [0.1, 0.15) is 63.9 Å². The molecule has 2 unspecified atom stereocenters. The molecule has 2 aliphatic rings. The third-order valence-electron chi connectivity index (χ3n) is 5.94. The minimum Gasteiger partial charge on any atom is -0.333 e. The molecule has 1 aromatic heterocycles. The molecule has 1 N–H and O–H groups in total. The zero-order valence-electron chi connectivity index (χ0n) is 16.8. The Labute approximate surface area is 180 Å². The standard InChI is InChI=1S/C21H30N4O.2ClH/c1-15(2)25-18-7-4-3-6-17(18)23-21(25)19-8-5-13-24(19)20(26)10-9-16-11-12-22-14-16;;/h3-4,6-7,15-16,19,22H,5,8-14H2,1-2H3;2*1H. The number of carbonyl (C=O) groups is 1. The van der Waals surface area contributed by atoms with Crippen LogP contribution >= 0.6 is 24.8 Å². The van der Waals surface area contributed by atoms with Crippen molar-refractivity contribution in [1.82, 2.24) is 19.8 Å². The summed E-state index contributed by atoms with van der Waals surface area (Å²) in [6.45, 7) is 7.44. The summed E-state index contributed by atoms with van der Waals surface area (Å²) >= 11 is 0. The SMILES string of the molecule is CC(C)n1c(C2CCCN2C(=O)CCC2CCNC2)nc2ccccc21.Cl.Cl. The monoisotopic (exact) mass is 426 g/mol. The van der Waals surface area contributed by atoms with Gasteiger partial charge in [-0.2, -0.15) is 0 Å². The number of fused-ring (bicyclic) bond motifs is 1. The number of rotatable bonds is 5. The summed E-state index contributed by atoms with van der Waals surface area (Å²) in [6.07, 6.45) is 4.98. The molecule has 0 radical (unpaired) electrons. The Bertz CT molecular complexity index is 786. The highest BCUT2D eigenvalue weighted by molar-refractivity contribution is 5.85. The van der Waals surface area contributed by atoms with Gasteiger partial charge >= 0.3 is 0 Å². The van der Waals surface area contributed by atoms with E-state index < -0.39 is 0 Å². The van der Waals surface area contributed by atoms with Gasteiger partial charge < -0.3 is 14.8 Å². The van der Waals surface area contributed by atoms with Crippen molar-refractivity contribution in [1.29, 1.82) is 0 Å². The van der Waals surface area contributed by atoms with Gasteiger partial charge in [0, 0.05) is 19.0 Å². The Kier molecular flexibility index (Phi) is 8.17. The van der Waals surface area contributed by atoms with E-state index in [4.69, 9.17) is 4.98 Å². The van der Waals surface area contributed by atoms with Gasteiger partial charge in [-0.15, -0.1) is 24.8 Å². The van der Waals surface area contributed by atoms with E-state index in [2.05, 4.69) is 46.8 Å². The average molecular weight is 427 g/mol. The molecule has 5 nitrogen and oxygen atoms in total. The van der Waals surface area contributed by atoms with Gasteiger partial charge in [-0.25, -0.2) is 4.98 Å². The lowest BCUT2D eigenvalue weighted by molar-refractivity contribution is -0.132. The molecule has 1 amide bonds. The molecule has 1 aromatic carbocycles. The molecule has 4 rings (SSSR count). The van der Waals surface area contributed by atoms with E-state index in [1.54, 1.807) is 0 Å². The summed E-state index contributed by atoms with van der Waals surface area (Å²) in [7, 11) is 0. The number of aromatic nitrogens is 2. The number of likely N-dealkylation sites (tertiary alicyclic amines) is 1. The molecule has 2 aliphatic heterocycles. The smallest absolute Gasteiger partial charge is 0.223 e. The highest BCUT2D eigenvalue weighted by Crippen LogP contribution is 2.35. The highest BCUT2D eigenvalue weighted by atomic mass is 35.5. The number of para-hydroxylation sites is 2. The maximum absolute atomic E-state index is 13.0. The molecule has 0 spiro atoms. The van der Waals surface area contributed by atoms with Crippen molar-refractivity contribution in [2.75, 3.05) is 19.6 Å². The van der Waals surface area contributed by atoms with Crippen molar-refractivity contribution in [2.24, 2.45) is 5.92 Å². The summed E-state index contributed by atoms with van der Waals surface area (Å²) in [6, 6.07) is 8.78. The number of benzene rings is 1.